The zero-order valence-electron chi connectivity index (χ0n) is 17.7. The lowest BCUT2D eigenvalue weighted by Gasteiger charge is -2.38. The summed E-state index contributed by atoms with van der Waals surface area (Å²) in [5.41, 5.74) is 0.637. The number of hydrogen-bond donors (Lipinski definition) is 0. The third kappa shape index (κ3) is 4.67. The van der Waals surface area contributed by atoms with Gasteiger partial charge in [0.15, 0.2) is 0 Å². The van der Waals surface area contributed by atoms with E-state index in [1.54, 1.807) is 34.9 Å². The molecule has 11 heteroatoms. The fourth-order valence-corrected chi connectivity index (χ4v) is 5.78. The van der Waals surface area contributed by atoms with Crippen LogP contribution in [0.1, 0.15) is 29.1 Å². The van der Waals surface area contributed by atoms with E-state index in [2.05, 4.69) is 5.16 Å². The number of rotatable bonds is 4. The summed E-state index contributed by atoms with van der Waals surface area (Å²) in [5.74, 6) is -0.512. The number of carbonyl (C=O) groups excluding carboxylic acids is 2. The molecule has 2 aliphatic rings. The first-order valence-electron chi connectivity index (χ1n) is 10.5. The molecule has 4 rings (SSSR count). The monoisotopic (exact) mass is 480 g/mol. The van der Waals surface area contributed by atoms with Crippen LogP contribution in [-0.4, -0.2) is 78.8 Å². The molecule has 32 heavy (non-hydrogen) atoms. The Morgan fingerprint density at radius 2 is 1.72 bits per heavy atom. The second-order valence-electron chi connectivity index (χ2n) is 8.11. The molecule has 0 spiro atoms. The summed E-state index contributed by atoms with van der Waals surface area (Å²) in [6, 6.07) is 7.64. The molecule has 0 bridgehead atoms. The molecule has 172 valence electrons. The van der Waals surface area contributed by atoms with Gasteiger partial charge < -0.3 is 14.3 Å². The van der Waals surface area contributed by atoms with E-state index in [1.165, 1.54) is 16.4 Å². The number of aromatic nitrogens is 1. The highest BCUT2D eigenvalue weighted by Gasteiger charge is 2.36. The number of halogens is 1. The van der Waals surface area contributed by atoms with E-state index in [1.807, 2.05) is 0 Å². The van der Waals surface area contributed by atoms with Crippen molar-refractivity contribution in [3.63, 3.8) is 0 Å². The first kappa shape index (κ1) is 22.8. The smallest absolute Gasteiger partial charge is 0.292 e. The SMILES string of the molecule is Cc1cc(C(=O)N2CCN(C(=O)C3CCCN(S(=O)(=O)c4ccc(Cl)cc4)C3)CC2)on1. The van der Waals surface area contributed by atoms with E-state index in [-0.39, 0.29) is 29.0 Å². The van der Waals surface area contributed by atoms with E-state index >= 15 is 0 Å². The van der Waals surface area contributed by atoms with Gasteiger partial charge in [-0.25, -0.2) is 8.42 Å². The van der Waals surface area contributed by atoms with Gasteiger partial charge in [-0.3, -0.25) is 9.59 Å². The molecule has 0 radical (unpaired) electrons. The number of carbonyl (C=O) groups is 2. The summed E-state index contributed by atoms with van der Waals surface area (Å²) in [5, 5.41) is 4.21. The van der Waals surface area contributed by atoms with Crippen molar-refractivity contribution < 1.29 is 22.5 Å². The molecule has 3 heterocycles. The predicted octanol–water partition coefficient (Wildman–Crippen LogP) is 2.02. The van der Waals surface area contributed by atoms with Crippen molar-refractivity contribution in [1.82, 2.24) is 19.3 Å². The average Bonchev–Trinajstić information content (AvgIpc) is 3.25. The maximum Gasteiger partial charge on any atom is 0.292 e. The van der Waals surface area contributed by atoms with Gasteiger partial charge in [-0.05, 0) is 44.0 Å². The zero-order valence-corrected chi connectivity index (χ0v) is 19.3. The number of hydrogen-bond acceptors (Lipinski definition) is 6. The zero-order chi connectivity index (χ0) is 22.9. The van der Waals surface area contributed by atoms with E-state index < -0.39 is 15.9 Å². The first-order valence-corrected chi connectivity index (χ1v) is 12.3. The summed E-state index contributed by atoms with van der Waals surface area (Å²) in [6.07, 6.45) is 1.26. The summed E-state index contributed by atoms with van der Waals surface area (Å²) in [7, 11) is -3.69. The minimum atomic E-state index is -3.69. The van der Waals surface area contributed by atoms with E-state index in [0.29, 0.717) is 56.3 Å². The number of sulfonamides is 1. The van der Waals surface area contributed by atoms with Crippen molar-refractivity contribution in [3.8, 4) is 0 Å². The predicted molar refractivity (Wildman–Crippen MR) is 117 cm³/mol. The maximum absolute atomic E-state index is 13.1. The number of benzene rings is 1. The van der Waals surface area contributed by atoms with Gasteiger partial charge in [0, 0.05) is 50.4 Å². The number of amides is 2. The van der Waals surface area contributed by atoms with Crippen molar-refractivity contribution in [2.45, 2.75) is 24.7 Å². The molecule has 0 N–H and O–H groups in total. The van der Waals surface area contributed by atoms with Crippen LogP contribution < -0.4 is 0 Å². The number of nitrogens with zero attached hydrogens (tertiary/aromatic N) is 4. The fraction of sp³-hybridized carbons (Fsp3) is 0.476. The highest BCUT2D eigenvalue weighted by Crippen LogP contribution is 2.26. The Morgan fingerprint density at radius 1 is 1.06 bits per heavy atom. The molecule has 1 unspecified atom stereocenters. The Kier molecular flexibility index (Phi) is 6.55. The molecule has 0 aliphatic carbocycles. The summed E-state index contributed by atoms with van der Waals surface area (Å²) in [6.45, 7) is 3.87. The van der Waals surface area contributed by atoms with E-state index in [4.69, 9.17) is 16.1 Å². The molecule has 9 nitrogen and oxygen atoms in total. The lowest BCUT2D eigenvalue weighted by atomic mass is 9.97. The summed E-state index contributed by atoms with van der Waals surface area (Å²) < 4.78 is 32.4. The Balaban J connectivity index is 1.36. The lowest BCUT2D eigenvalue weighted by Crippen LogP contribution is -2.54. The summed E-state index contributed by atoms with van der Waals surface area (Å²) >= 11 is 5.87. The van der Waals surface area contributed by atoms with Gasteiger partial charge in [0.05, 0.1) is 16.5 Å². The number of piperidine rings is 1. The standard InChI is InChI=1S/C21H25ClN4O5S/c1-15-13-19(31-23-15)21(28)25-11-9-24(10-12-25)20(27)16-3-2-8-26(14-16)32(29,30)18-6-4-17(22)5-7-18/h4-7,13,16H,2-3,8-12,14H2,1H3. The second-order valence-corrected chi connectivity index (χ2v) is 10.5. The largest absolute Gasteiger partial charge is 0.351 e. The molecule has 2 aliphatic heterocycles. The maximum atomic E-state index is 13.1. The van der Waals surface area contributed by atoms with Crippen LogP contribution in [0.3, 0.4) is 0 Å². The van der Waals surface area contributed by atoms with Crippen LogP contribution in [0.15, 0.2) is 39.8 Å². The molecule has 2 aromatic rings. The molecule has 2 amide bonds. The highest BCUT2D eigenvalue weighted by atomic mass is 35.5. The van der Waals surface area contributed by atoms with Gasteiger partial charge >= 0.3 is 0 Å². The van der Waals surface area contributed by atoms with Crippen molar-refractivity contribution in [3.05, 3.63) is 46.8 Å². The number of aryl methyl sites for hydroxylation is 1. The minimum Gasteiger partial charge on any atom is -0.351 e. The molecule has 1 atom stereocenters. The van der Waals surface area contributed by atoms with Gasteiger partial charge in [0.25, 0.3) is 5.91 Å². The number of piperazine rings is 1. The van der Waals surface area contributed by atoms with Gasteiger partial charge in [-0.15, -0.1) is 0 Å². The molecule has 2 fully saturated rings. The normalized spacial score (nSPS) is 20.4. The third-order valence-electron chi connectivity index (χ3n) is 5.90. The quantitative estimate of drug-likeness (QED) is 0.663. The highest BCUT2D eigenvalue weighted by molar-refractivity contribution is 7.89. The Hall–Kier alpha value is -2.43. The van der Waals surface area contributed by atoms with Crippen molar-refractivity contribution in [2.24, 2.45) is 5.92 Å². The van der Waals surface area contributed by atoms with Crippen LogP contribution in [0, 0.1) is 12.8 Å². The first-order chi connectivity index (χ1) is 15.3. The van der Waals surface area contributed by atoms with Crippen LogP contribution in [-0.2, 0) is 14.8 Å². The van der Waals surface area contributed by atoms with Crippen LogP contribution in [0.2, 0.25) is 5.02 Å². The van der Waals surface area contributed by atoms with Crippen molar-refractivity contribution >= 4 is 33.4 Å². The lowest BCUT2D eigenvalue weighted by molar-refractivity contribution is -0.138. The Bertz CT molecular complexity index is 1090. The Morgan fingerprint density at radius 3 is 2.34 bits per heavy atom. The third-order valence-corrected chi connectivity index (χ3v) is 8.03. The molecule has 0 saturated carbocycles. The van der Waals surface area contributed by atoms with Crippen LogP contribution in [0.4, 0.5) is 0 Å². The van der Waals surface area contributed by atoms with Gasteiger partial charge in [0.1, 0.15) is 0 Å². The molecule has 2 saturated heterocycles. The van der Waals surface area contributed by atoms with Gasteiger partial charge in [-0.1, -0.05) is 16.8 Å². The van der Waals surface area contributed by atoms with Crippen molar-refractivity contribution in [2.75, 3.05) is 39.3 Å². The van der Waals surface area contributed by atoms with Crippen LogP contribution in [0.25, 0.3) is 0 Å². The second kappa shape index (κ2) is 9.21. The molecule has 1 aromatic heterocycles. The van der Waals surface area contributed by atoms with Gasteiger partial charge in [0.2, 0.25) is 21.7 Å². The van der Waals surface area contributed by atoms with E-state index in [0.717, 1.165) is 0 Å². The van der Waals surface area contributed by atoms with Crippen molar-refractivity contribution in [1.29, 1.82) is 0 Å². The topological polar surface area (TPSA) is 104 Å². The van der Waals surface area contributed by atoms with Crippen LogP contribution in [0.5, 0.6) is 0 Å². The summed E-state index contributed by atoms with van der Waals surface area (Å²) in [4.78, 5) is 29.2. The Labute approximate surface area is 191 Å². The fourth-order valence-electron chi connectivity index (χ4n) is 4.13. The molecule has 1 aromatic carbocycles. The van der Waals surface area contributed by atoms with E-state index in [9.17, 15) is 18.0 Å². The molecular weight excluding hydrogens is 456 g/mol. The minimum absolute atomic E-state index is 0.0661. The van der Waals surface area contributed by atoms with Gasteiger partial charge in [-0.2, -0.15) is 4.31 Å². The average molecular weight is 481 g/mol. The van der Waals surface area contributed by atoms with Crippen LogP contribution >= 0.6 is 11.6 Å². The molecular formula is C21H25ClN4O5S.